The first-order valence-electron chi connectivity index (χ1n) is 6.23. The Bertz CT molecular complexity index is 778. The molecule has 0 fully saturated rings. The second kappa shape index (κ2) is 6.11. The molecule has 1 aromatic carbocycles. The number of hydrogen-bond acceptors (Lipinski definition) is 5. The molecule has 0 aliphatic carbocycles. The fourth-order valence-corrected chi connectivity index (χ4v) is 2.04. The van der Waals surface area contributed by atoms with Crippen molar-refractivity contribution in [2.75, 3.05) is 12.8 Å². The number of nitrogens with zero attached hydrogens (tertiary/aromatic N) is 2. The minimum atomic E-state index is -0.712. The van der Waals surface area contributed by atoms with Crippen molar-refractivity contribution in [1.29, 1.82) is 0 Å². The zero-order valence-corrected chi connectivity index (χ0v) is 12.7. The highest BCUT2D eigenvalue weighted by Gasteiger charge is 2.20. The van der Waals surface area contributed by atoms with Crippen molar-refractivity contribution >= 4 is 29.5 Å². The Morgan fingerprint density at radius 3 is 2.73 bits per heavy atom. The normalized spacial score (nSPS) is 10.4. The maximum Gasteiger partial charge on any atom is 0.357 e. The maximum atomic E-state index is 14.1. The molecule has 1 aromatic heterocycles. The number of nitrogen functional groups attached to an aromatic ring is 1. The van der Waals surface area contributed by atoms with E-state index in [0.29, 0.717) is 5.56 Å². The van der Waals surface area contributed by atoms with Crippen LogP contribution in [0.15, 0.2) is 18.7 Å². The highest BCUT2D eigenvalue weighted by atomic mass is 35.5. The number of aryl methyl sites for hydroxylation is 1. The third-order valence-electron chi connectivity index (χ3n) is 3.05. The van der Waals surface area contributed by atoms with Gasteiger partial charge in [-0.1, -0.05) is 24.3 Å². The van der Waals surface area contributed by atoms with Gasteiger partial charge in [0.15, 0.2) is 11.5 Å². The van der Waals surface area contributed by atoms with Gasteiger partial charge in [-0.25, -0.2) is 19.2 Å². The van der Waals surface area contributed by atoms with Gasteiger partial charge in [0.2, 0.25) is 0 Å². The van der Waals surface area contributed by atoms with Crippen LogP contribution in [0, 0.1) is 12.7 Å². The van der Waals surface area contributed by atoms with Crippen molar-refractivity contribution in [3.63, 3.8) is 0 Å². The van der Waals surface area contributed by atoms with E-state index in [0.717, 1.165) is 6.07 Å². The quantitative estimate of drug-likeness (QED) is 0.878. The highest BCUT2D eigenvalue weighted by Crippen LogP contribution is 2.28. The zero-order valence-electron chi connectivity index (χ0n) is 12.0. The first-order valence-corrected chi connectivity index (χ1v) is 6.61. The van der Waals surface area contributed by atoms with Gasteiger partial charge in [0.25, 0.3) is 0 Å². The van der Waals surface area contributed by atoms with E-state index in [2.05, 4.69) is 21.3 Å². The van der Waals surface area contributed by atoms with E-state index in [1.807, 2.05) is 0 Å². The average Bonchev–Trinajstić information content (AvgIpc) is 2.49. The van der Waals surface area contributed by atoms with E-state index in [1.165, 1.54) is 19.3 Å². The summed E-state index contributed by atoms with van der Waals surface area (Å²) in [4.78, 5) is 19.9. The minimum Gasteiger partial charge on any atom is -0.464 e. The van der Waals surface area contributed by atoms with Gasteiger partial charge in [-0.05, 0) is 24.6 Å². The molecule has 0 saturated heterocycles. The molecule has 0 amide bonds. The van der Waals surface area contributed by atoms with E-state index in [1.54, 1.807) is 6.92 Å². The number of carbonyl (C=O) groups is 1. The number of halogens is 2. The minimum absolute atomic E-state index is 0.00685. The van der Waals surface area contributed by atoms with E-state index < -0.39 is 11.8 Å². The topological polar surface area (TPSA) is 78.1 Å². The lowest BCUT2D eigenvalue weighted by atomic mass is 10.1. The number of nitrogens with two attached hydrogens (primary N) is 1. The Kier molecular flexibility index (Phi) is 4.42. The molecule has 22 heavy (non-hydrogen) atoms. The van der Waals surface area contributed by atoms with E-state index in [9.17, 15) is 9.18 Å². The van der Waals surface area contributed by atoms with Gasteiger partial charge in [0.05, 0.1) is 12.7 Å². The molecule has 7 heteroatoms. The summed E-state index contributed by atoms with van der Waals surface area (Å²) in [5, 5.41) is 0.283. The van der Waals surface area contributed by atoms with Crippen molar-refractivity contribution in [2.24, 2.45) is 0 Å². The summed E-state index contributed by atoms with van der Waals surface area (Å²) >= 11 is 5.86. The Labute approximate surface area is 131 Å². The average molecular weight is 322 g/mol. The van der Waals surface area contributed by atoms with Crippen LogP contribution in [-0.4, -0.2) is 23.0 Å². The van der Waals surface area contributed by atoms with Crippen molar-refractivity contribution in [2.45, 2.75) is 6.92 Å². The lowest BCUT2D eigenvalue weighted by molar-refractivity contribution is 0.0593. The molecule has 114 valence electrons. The van der Waals surface area contributed by atoms with E-state index in [-0.39, 0.29) is 33.5 Å². The number of ether oxygens (including phenoxy) is 1. The van der Waals surface area contributed by atoms with Crippen molar-refractivity contribution < 1.29 is 13.9 Å². The van der Waals surface area contributed by atoms with Crippen LogP contribution in [0.2, 0.25) is 5.02 Å². The monoisotopic (exact) mass is 321 g/mol. The largest absolute Gasteiger partial charge is 0.464 e. The lowest BCUT2D eigenvalue weighted by Gasteiger charge is -2.10. The summed E-state index contributed by atoms with van der Waals surface area (Å²) in [5.41, 5.74) is 6.70. The smallest absolute Gasteiger partial charge is 0.357 e. The Morgan fingerprint density at radius 2 is 2.14 bits per heavy atom. The second-order valence-electron chi connectivity index (χ2n) is 4.47. The van der Waals surface area contributed by atoms with Crippen LogP contribution in [-0.2, 0) is 4.74 Å². The van der Waals surface area contributed by atoms with Gasteiger partial charge in [0.1, 0.15) is 11.6 Å². The molecule has 5 nitrogen and oxygen atoms in total. The Hall–Kier alpha value is -2.47. The zero-order chi connectivity index (χ0) is 16.4. The molecule has 0 aliphatic rings. The van der Waals surface area contributed by atoms with E-state index in [4.69, 9.17) is 17.3 Å². The third kappa shape index (κ3) is 2.78. The number of esters is 1. The molecule has 2 aromatic rings. The number of methoxy groups -OCH3 is 1. The first-order chi connectivity index (χ1) is 10.4. The molecule has 1 heterocycles. The number of rotatable bonds is 3. The fraction of sp³-hybridized carbons (Fsp3) is 0.133. The predicted octanol–water partition coefficient (Wildman–Crippen LogP) is 3.26. The molecular weight excluding hydrogens is 309 g/mol. The number of benzene rings is 1. The lowest BCUT2D eigenvalue weighted by Crippen LogP contribution is -2.12. The fourth-order valence-electron chi connectivity index (χ4n) is 1.89. The van der Waals surface area contributed by atoms with Gasteiger partial charge in [-0.3, -0.25) is 0 Å². The molecule has 0 bridgehead atoms. The summed E-state index contributed by atoms with van der Waals surface area (Å²) in [6, 6.07) is 2.64. The number of carbonyl (C=O) groups excluding carboxylic acids is 1. The predicted molar refractivity (Wildman–Crippen MR) is 83.0 cm³/mol. The van der Waals surface area contributed by atoms with Crippen LogP contribution >= 0.6 is 11.6 Å². The van der Waals surface area contributed by atoms with Crippen molar-refractivity contribution in [1.82, 2.24) is 9.97 Å². The van der Waals surface area contributed by atoms with Gasteiger partial charge < -0.3 is 10.5 Å². The Morgan fingerprint density at radius 1 is 1.45 bits per heavy atom. The number of anilines is 1. The van der Waals surface area contributed by atoms with Crippen LogP contribution in [0.4, 0.5) is 10.2 Å². The van der Waals surface area contributed by atoms with E-state index >= 15 is 0 Å². The molecule has 0 aliphatic heterocycles. The van der Waals surface area contributed by atoms with Crippen LogP contribution in [0.1, 0.15) is 21.6 Å². The van der Waals surface area contributed by atoms with Crippen LogP contribution < -0.4 is 5.73 Å². The van der Waals surface area contributed by atoms with Crippen LogP contribution in [0.3, 0.4) is 0 Å². The number of aromatic nitrogens is 2. The van der Waals surface area contributed by atoms with Crippen LogP contribution in [0.25, 0.3) is 17.5 Å². The highest BCUT2D eigenvalue weighted by molar-refractivity contribution is 6.31. The van der Waals surface area contributed by atoms with Gasteiger partial charge in [-0.15, -0.1) is 0 Å². The van der Waals surface area contributed by atoms with Crippen molar-refractivity contribution in [3.8, 4) is 11.4 Å². The molecule has 0 spiro atoms. The first kappa shape index (κ1) is 15.9. The van der Waals surface area contributed by atoms with Gasteiger partial charge >= 0.3 is 5.97 Å². The van der Waals surface area contributed by atoms with Crippen molar-refractivity contribution in [3.05, 3.63) is 46.4 Å². The molecule has 2 rings (SSSR count). The summed E-state index contributed by atoms with van der Waals surface area (Å²) in [5.74, 6) is -1.35. The standard InChI is InChI=1S/C15H13ClFN3O2/c1-4-8-12(15(21)22-3)19-14(20-13(8)18)9-5-7(2)10(16)6-11(9)17/h4-6H,1H2,2-3H3,(H2,18,19,20). The molecule has 0 atom stereocenters. The molecule has 0 unspecified atom stereocenters. The summed E-state index contributed by atoms with van der Waals surface area (Å²) in [6.45, 7) is 5.27. The summed E-state index contributed by atoms with van der Waals surface area (Å²) < 4.78 is 18.8. The molecular formula is C15H13ClFN3O2. The second-order valence-corrected chi connectivity index (χ2v) is 4.88. The van der Waals surface area contributed by atoms with Gasteiger partial charge in [-0.2, -0.15) is 0 Å². The molecule has 0 radical (unpaired) electrons. The Balaban J connectivity index is 2.72. The maximum absolute atomic E-state index is 14.1. The SMILES string of the molecule is C=Cc1c(N)nc(-c2cc(C)c(Cl)cc2F)nc1C(=O)OC. The third-order valence-corrected chi connectivity index (χ3v) is 3.45. The summed E-state index contributed by atoms with van der Waals surface area (Å²) in [6.07, 6.45) is 1.34. The molecule has 2 N–H and O–H groups in total. The number of hydrogen-bond donors (Lipinski definition) is 1. The van der Waals surface area contributed by atoms with Gasteiger partial charge in [0, 0.05) is 10.6 Å². The van der Waals surface area contributed by atoms with Crippen LogP contribution in [0.5, 0.6) is 0 Å². The molecule has 0 saturated carbocycles. The summed E-state index contributed by atoms with van der Waals surface area (Å²) in [7, 11) is 1.21.